The number of primary amides is 1. The fraction of sp³-hybridized carbons (Fsp3) is 0.185. The Hall–Kier alpha value is -4.53. The van der Waals surface area contributed by atoms with Gasteiger partial charge >= 0.3 is 6.09 Å². The lowest BCUT2D eigenvalue weighted by molar-refractivity contribution is -0.139. The number of nitrogens with zero attached hydrogens (tertiary/aromatic N) is 3. The number of carbonyl (C=O) groups excluding carboxylic acids is 3. The van der Waals surface area contributed by atoms with Crippen LogP contribution in [-0.4, -0.2) is 32.4 Å². The lowest BCUT2D eigenvalue weighted by atomic mass is 9.91. The van der Waals surface area contributed by atoms with Crippen LogP contribution in [0.4, 0.5) is 9.18 Å². The Balaban J connectivity index is 1.66. The summed E-state index contributed by atoms with van der Waals surface area (Å²) in [4.78, 5) is 44.7. The molecule has 1 aliphatic rings. The number of benzene rings is 3. The maximum atomic E-state index is 14.1. The first-order valence-electron chi connectivity index (χ1n) is 11.3. The molecule has 1 saturated heterocycles. The predicted octanol–water partition coefficient (Wildman–Crippen LogP) is 3.99. The van der Waals surface area contributed by atoms with Gasteiger partial charge in [0.1, 0.15) is 5.82 Å². The van der Waals surface area contributed by atoms with Gasteiger partial charge in [0, 0.05) is 19.0 Å². The molecule has 3 amide bonds. The zero-order valence-electron chi connectivity index (χ0n) is 19.6. The molecule has 0 radical (unpaired) electrons. The zero-order chi connectivity index (χ0) is 25.6. The molecular formula is C27H23FN4O4. The van der Waals surface area contributed by atoms with Crippen LogP contribution in [0.3, 0.4) is 0 Å². The van der Waals surface area contributed by atoms with E-state index >= 15 is 0 Å². The number of aromatic nitrogens is 2. The molecule has 9 heteroatoms. The fourth-order valence-electron chi connectivity index (χ4n) is 4.67. The van der Waals surface area contributed by atoms with Gasteiger partial charge in [-0.2, -0.15) is 0 Å². The third-order valence-corrected chi connectivity index (χ3v) is 6.58. The molecule has 0 aliphatic carbocycles. The Bertz CT molecular complexity index is 1500. The van der Waals surface area contributed by atoms with Gasteiger partial charge in [-0.05, 0) is 48.4 Å². The number of hydrogen-bond acceptors (Lipinski definition) is 5. The smallest absolute Gasteiger partial charge is 0.418 e. The molecule has 3 aromatic carbocycles. The predicted molar refractivity (Wildman–Crippen MR) is 129 cm³/mol. The number of ether oxygens (including phenoxy) is 1. The molecule has 0 unspecified atom stereocenters. The molecule has 2 atom stereocenters. The number of aryl methyl sites for hydroxylation is 1. The van der Waals surface area contributed by atoms with Crippen molar-refractivity contribution in [3.63, 3.8) is 0 Å². The van der Waals surface area contributed by atoms with Crippen molar-refractivity contribution >= 4 is 28.9 Å². The first kappa shape index (κ1) is 23.2. The molecule has 2 heterocycles. The highest BCUT2D eigenvalue weighted by molar-refractivity contribution is 6.04. The van der Waals surface area contributed by atoms with Crippen LogP contribution < -0.4 is 5.73 Å². The molecule has 1 aromatic heterocycles. The second-order valence-corrected chi connectivity index (χ2v) is 8.82. The number of nitrogens with two attached hydrogens (primary N) is 1. The van der Waals surface area contributed by atoms with E-state index in [2.05, 4.69) is 4.98 Å². The second-order valence-electron chi connectivity index (χ2n) is 8.82. The van der Waals surface area contributed by atoms with Gasteiger partial charge in [-0.25, -0.2) is 19.1 Å². The van der Waals surface area contributed by atoms with Crippen molar-refractivity contribution in [3.8, 4) is 0 Å². The summed E-state index contributed by atoms with van der Waals surface area (Å²) in [6.45, 7) is 1.68. The van der Waals surface area contributed by atoms with Crippen molar-refractivity contribution < 1.29 is 23.5 Å². The first-order valence-corrected chi connectivity index (χ1v) is 11.3. The van der Waals surface area contributed by atoms with Gasteiger partial charge in [-0.1, -0.05) is 42.5 Å². The van der Waals surface area contributed by atoms with Crippen LogP contribution in [0, 0.1) is 5.82 Å². The number of cyclic esters (lactones) is 1. The van der Waals surface area contributed by atoms with Gasteiger partial charge in [-0.15, -0.1) is 0 Å². The van der Waals surface area contributed by atoms with Crippen LogP contribution in [0.25, 0.3) is 11.0 Å². The van der Waals surface area contributed by atoms with Crippen molar-refractivity contribution in [2.24, 2.45) is 12.8 Å². The monoisotopic (exact) mass is 486 g/mol. The van der Waals surface area contributed by atoms with Crippen LogP contribution in [0.2, 0.25) is 0 Å². The van der Waals surface area contributed by atoms with Crippen molar-refractivity contribution in [1.82, 2.24) is 14.5 Å². The number of hydrogen-bond donors (Lipinski definition) is 1. The number of halogens is 1. The number of imide groups is 1. The molecule has 1 fully saturated rings. The van der Waals surface area contributed by atoms with E-state index in [1.54, 1.807) is 30.7 Å². The first-order chi connectivity index (χ1) is 17.2. The summed E-state index contributed by atoms with van der Waals surface area (Å²) in [6, 6.07) is 18.9. The minimum atomic E-state index is -1.76. The summed E-state index contributed by atoms with van der Waals surface area (Å²) in [5.74, 6) is -1.39. The number of imidazole rings is 1. The largest absolute Gasteiger partial charge is 0.424 e. The van der Waals surface area contributed by atoms with Gasteiger partial charge in [0.05, 0.1) is 17.1 Å². The Kier molecular flexibility index (Phi) is 5.55. The highest BCUT2D eigenvalue weighted by Crippen LogP contribution is 2.41. The summed E-state index contributed by atoms with van der Waals surface area (Å²) in [5, 5.41) is 0. The summed E-state index contributed by atoms with van der Waals surface area (Å²) in [7, 11) is 1.72. The topological polar surface area (TPSA) is 108 Å². The van der Waals surface area contributed by atoms with Gasteiger partial charge in [0.2, 0.25) is 5.91 Å². The Labute approximate surface area is 206 Å². The molecule has 182 valence electrons. The standard InChI is InChI=1S/C27H23FN4O4/c1-16(18-8-11-20(28)12-9-18)32-25(34)27(36-26(32)35,15-17-6-4-3-5-7-17)24-30-21-14-19(23(29)33)10-13-22(21)31(24)2/h3-14,16H,15H2,1-2H3,(H2,29,33)/t16-,27-/m1/s1. The Morgan fingerprint density at radius 1 is 1.08 bits per heavy atom. The van der Waals surface area contributed by atoms with Crippen molar-refractivity contribution in [3.05, 3.63) is 101 Å². The molecule has 36 heavy (non-hydrogen) atoms. The Morgan fingerprint density at radius 2 is 1.78 bits per heavy atom. The summed E-state index contributed by atoms with van der Waals surface area (Å²) >= 11 is 0. The maximum Gasteiger partial charge on any atom is 0.418 e. The molecular weight excluding hydrogens is 463 g/mol. The third kappa shape index (κ3) is 3.69. The third-order valence-electron chi connectivity index (χ3n) is 6.58. The molecule has 2 N–H and O–H groups in total. The fourth-order valence-corrected chi connectivity index (χ4v) is 4.67. The summed E-state index contributed by atoms with van der Waals surface area (Å²) in [6.07, 6.45) is -0.775. The van der Waals surface area contributed by atoms with Crippen LogP contribution >= 0.6 is 0 Å². The molecule has 0 spiro atoms. The maximum absolute atomic E-state index is 14.1. The van der Waals surface area contributed by atoms with Crippen molar-refractivity contribution in [2.75, 3.05) is 0 Å². The van der Waals surface area contributed by atoms with Gasteiger partial charge < -0.3 is 15.0 Å². The highest BCUT2D eigenvalue weighted by Gasteiger charge is 2.59. The average molecular weight is 487 g/mol. The van der Waals surface area contributed by atoms with Crippen molar-refractivity contribution in [1.29, 1.82) is 0 Å². The second kappa shape index (κ2) is 8.60. The van der Waals surface area contributed by atoms with E-state index in [0.717, 1.165) is 10.5 Å². The van der Waals surface area contributed by atoms with Crippen LogP contribution in [0.5, 0.6) is 0 Å². The van der Waals surface area contributed by atoms with E-state index in [4.69, 9.17) is 10.5 Å². The van der Waals surface area contributed by atoms with Gasteiger partial charge in [0.15, 0.2) is 5.82 Å². The number of carbonyl (C=O) groups is 3. The van der Waals surface area contributed by atoms with Gasteiger partial charge in [-0.3, -0.25) is 9.59 Å². The van der Waals surface area contributed by atoms with E-state index < -0.39 is 35.4 Å². The van der Waals surface area contributed by atoms with E-state index in [1.165, 1.54) is 30.3 Å². The average Bonchev–Trinajstić information content (AvgIpc) is 3.33. The SMILES string of the molecule is C[C@H](c1ccc(F)cc1)N1C(=O)O[C@](Cc2ccccc2)(c2nc3cc(C(N)=O)ccc3n2C)C1=O. The Morgan fingerprint density at radius 3 is 2.44 bits per heavy atom. The lowest BCUT2D eigenvalue weighted by Gasteiger charge is -2.26. The van der Waals surface area contributed by atoms with Crippen LogP contribution in [0.1, 0.15) is 40.3 Å². The van der Waals surface area contributed by atoms with E-state index in [-0.39, 0.29) is 17.8 Å². The molecule has 1 aliphatic heterocycles. The zero-order valence-corrected chi connectivity index (χ0v) is 19.6. The lowest BCUT2D eigenvalue weighted by Crippen LogP contribution is -2.43. The van der Waals surface area contributed by atoms with Gasteiger partial charge in [0.25, 0.3) is 11.5 Å². The summed E-state index contributed by atoms with van der Waals surface area (Å²) < 4.78 is 21.1. The minimum Gasteiger partial charge on any atom is -0.424 e. The molecule has 5 rings (SSSR count). The van der Waals surface area contributed by atoms with Crippen LogP contribution in [-0.2, 0) is 28.6 Å². The summed E-state index contributed by atoms with van der Waals surface area (Å²) in [5.41, 5.74) is 6.35. The quantitative estimate of drug-likeness (QED) is 0.443. The highest BCUT2D eigenvalue weighted by atomic mass is 19.1. The van der Waals surface area contributed by atoms with E-state index in [1.807, 2.05) is 30.3 Å². The number of amides is 3. The molecule has 4 aromatic rings. The normalized spacial score (nSPS) is 18.5. The molecule has 0 saturated carbocycles. The van der Waals surface area contributed by atoms with E-state index in [0.29, 0.717) is 16.6 Å². The number of fused-ring (bicyclic) bond motifs is 1. The van der Waals surface area contributed by atoms with Crippen molar-refractivity contribution in [2.45, 2.75) is 25.0 Å². The molecule has 8 nitrogen and oxygen atoms in total. The number of rotatable bonds is 6. The van der Waals surface area contributed by atoms with E-state index in [9.17, 15) is 18.8 Å². The molecule has 0 bridgehead atoms. The van der Waals surface area contributed by atoms with Crippen LogP contribution in [0.15, 0.2) is 72.8 Å². The minimum absolute atomic E-state index is 0.0465.